The highest BCUT2D eigenvalue weighted by atomic mass is 16.3. The topological polar surface area (TPSA) is 20.2 Å². The SMILES string of the molecule is CCCC(C)C1(CO)CC1(C)C. The average molecular weight is 170 g/mol. The Morgan fingerprint density at radius 3 is 2.17 bits per heavy atom. The molecule has 72 valence electrons. The van der Waals surface area contributed by atoms with Crippen molar-refractivity contribution in [3.63, 3.8) is 0 Å². The molecule has 1 aliphatic carbocycles. The summed E-state index contributed by atoms with van der Waals surface area (Å²) in [7, 11) is 0. The minimum atomic E-state index is 0.253. The van der Waals surface area contributed by atoms with Gasteiger partial charge in [-0.1, -0.05) is 40.5 Å². The van der Waals surface area contributed by atoms with Gasteiger partial charge in [-0.05, 0) is 17.8 Å². The van der Waals surface area contributed by atoms with Crippen molar-refractivity contribution in [1.82, 2.24) is 0 Å². The van der Waals surface area contributed by atoms with Crippen molar-refractivity contribution in [1.29, 1.82) is 0 Å². The third-order valence-corrected chi connectivity index (χ3v) is 3.93. The van der Waals surface area contributed by atoms with Crippen LogP contribution in [0, 0.1) is 16.7 Å². The highest BCUT2D eigenvalue weighted by molar-refractivity contribution is 5.11. The molecule has 1 saturated carbocycles. The zero-order valence-electron chi connectivity index (χ0n) is 8.85. The van der Waals surface area contributed by atoms with E-state index < -0.39 is 0 Å². The van der Waals surface area contributed by atoms with Crippen molar-refractivity contribution in [3.8, 4) is 0 Å². The third-order valence-electron chi connectivity index (χ3n) is 3.93. The molecule has 0 amide bonds. The molecule has 1 aliphatic rings. The Morgan fingerprint density at radius 1 is 1.42 bits per heavy atom. The second-order valence-electron chi connectivity index (χ2n) is 5.06. The summed E-state index contributed by atoms with van der Waals surface area (Å²) in [5, 5.41) is 9.39. The van der Waals surface area contributed by atoms with Crippen molar-refractivity contribution >= 4 is 0 Å². The van der Waals surface area contributed by atoms with Crippen LogP contribution >= 0.6 is 0 Å². The van der Waals surface area contributed by atoms with Crippen molar-refractivity contribution in [2.45, 2.75) is 47.0 Å². The molecule has 1 heteroatoms. The van der Waals surface area contributed by atoms with Gasteiger partial charge in [-0.15, -0.1) is 0 Å². The van der Waals surface area contributed by atoms with Crippen molar-refractivity contribution in [2.75, 3.05) is 6.61 Å². The monoisotopic (exact) mass is 170 g/mol. The Morgan fingerprint density at radius 2 is 1.92 bits per heavy atom. The number of hydrogen-bond acceptors (Lipinski definition) is 1. The summed E-state index contributed by atoms with van der Waals surface area (Å²) in [6, 6.07) is 0. The fourth-order valence-corrected chi connectivity index (χ4v) is 2.72. The molecular weight excluding hydrogens is 148 g/mol. The lowest BCUT2D eigenvalue weighted by atomic mass is 9.82. The van der Waals surface area contributed by atoms with Gasteiger partial charge in [0.25, 0.3) is 0 Å². The Kier molecular flexibility index (Phi) is 2.53. The molecule has 2 unspecified atom stereocenters. The zero-order chi connectivity index (χ0) is 9.41. The molecule has 2 atom stereocenters. The Hall–Kier alpha value is -0.0400. The van der Waals surface area contributed by atoms with Gasteiger partial charge in [-0.25, -0.2) is 0 Å². The number of hydrogen-bond donors (Lipinski definition) is 1. The summed E-state index contributed by atoms with van der Waals surface area (Å²) in [6.45, 7) is 9.43. The van der Waals surface area contributed by atoms with E-state index in [1.54, 1.807) is 0 Å². The van der Waals surface area contributed by atoms with E-state index in [-0.39, 0.29) is 5.41 Å². The van der Waals surface area contributed by atoms with Gasteiger partial charge in [0.1, 0.15) is 0 Å². The van der Waals surface area contributed by atoms with E-state index in [0.29, 0.717) is 17.9 Å². The Labute approximate surface area is 76.2 Å². The lowest BCUT2D eigenvalue weighted by Gasteiger charge is -2.25. The van der Waals surface area contributed by atoms with E-state index in [1.165, 1.54) is 19.3 Å². The van der Waals surface area contributed by atoms with Gasteiger partial charge in [0.15, 0.2) is 0 Å². The van der Waals surface area contributed by atoms with Gasteiger partial charge in [0.05, 0.1) is 0 Å². The molecule has 0 spiro atoms. The Balaban J connectivity index is 2.59. The Bertz CT molecular complexity index is 162. The van der Waals surface area contributed by atoms with Crippen LogP contribution in [-0.2, 0) is 0 Å². The van der Waals surface area contributed by atoms with E-state index >= 15 is 0 Å². The maximum atomic E-state index is 9.39. The molecule has 1 N–H and O–H groups in total. The standard InChI is InChI=1S/C11H22O/c1-5-6-9(2)11(8-12)7-10(11,3)4/h9,12H,5-8H2,1-4H3. The van der Waals surface area contributed by atoms with E-state index in [4.69, 9.17) is 0 Å². The van der Waals surface area contributed by atoms with Crippen LogP contribution in [0.15, 0.2) is 0 Å². The number of aliphatic hydroxyl groups is 1. The van der Waals surface area contributed by atoms with Crippen LogP contribution in [0.2, 0.25) is 0 Å². The van der Waals surface area contributed by atoms with Crippen LogP contribution in [0.1, 0.15) is 47.0 Å². The van der Waals surface area contributed by atoms with Gasteiger partial charge < -0.3 is 5.11 Å². The predicted octanol–water partition coefficient (Wildman–Crippen LogP) is 2.83. The third kappa shape index (κ3) is 1.28. The fourth-order valence-electron chi connectivity index (χ4n) is 2.72. The molecule has 0 aromatic carbocycles. The first kappa shape index (κ1) is 10.0. The summed E-state index contributed by atoms with van der Waals surface area (Å²) in [6.07, 6.45) is 3.70. The fraction of sp³-hybridized carbons (Fsp3) is 1.00. The number of aliphatic hydroxyl groups excluding tert-OH is 1. The van der Waals surface area contributed by atoms with Crippen molar-refractivity contribution < 1.29 is 5.11 Å². The molecule has 0 radical (unpaired) electrons. The molecule has 1 rings (SSSR count). The smallest absolute Gasteiger partial charge is 0.0495 e. The number of rotatable bonds is 4. The lowest BCUT2D eigenvalue weighted by molar-refractivity contribution is 0.124. The first-order chi connectivity index (χ1) is 5.50. The van der Waals surface area contributed by atoms with E-state index in [1.807, 2.05) is 0 Å². The van der Waals surface area contributed by atoms with Crippen LogP contribution in [-0.4, -0.2) is 11.7 Å². The van der Waals surface area contributed by atoms with E-state index in [9.17, 15) is 5.11 Å². The van der Waals surface area contributed by atoms with E-state index in [0.717, 1.165) is 0 Å². The first-order valence-corrected chi connectivity index (χ1v) is 5.11. The van der Waals surface area contributed by atoms with Gasteiger partial charge in [0, 0.05) is 12.0 Å². The second-order valence-corrected chi connectivity index (χ2v) is 5.06. The highest BCUT2D eigenvalue weighted by Gasteiger charge is 2.62. The maximum absolute atomic E-state index is 9.39. The molecule has 1 fully saturated rings. The van der Waals surface area contributed by atoms with Crippen LogP contribution in [0.5, 0.6) is 0 Å². The summed E-state index contributed by atoms with van der Waals surface area (Å²) < 4.78 is 0. The minimum Gasteiger partial charge on any atom is -0.396 e. The normalized spacial score (nSPS) is 34.8. The van der Waals surface area contributed by atoms with Crippen LogP contribution < -0.4 is 0 Å². The van der Waals surface area contributed by atoms with Crippen LogP contribution in [0.3, 0.4) is 0 Å². The molecule has 0 aromatic heterocycles. The van der Waals surface area contributed by atoms with Crippen LogP contribution in [0.25, 0.3) is 0 Å². The van der Waals surface area contributed by atoms with Gasteiger partial charge >= 0.3 is 0 Å². The molecule has 0 bridgehead atoms. The quantitative estimate of drug-likeness (QED) is 0.688. The molecular formula is C11H22O. The largest absolute Gasteiger partial charge is 0.396 e. The average Bonchev–Trinajstić information content (AvgIpc) is 2.55. The van der Waals surface area contributed by atoms with Gasteiger partial charge in [0.2, 0.25) is 0 Å². The molecule has 0 aliphatic heterocycles. The highest BCUT2D eigenvalue weighted by Crippen LogP contribution is 2.67. The molecule has 0 heterocycles. The lowest BCUT2D eigenvalue weighted by Crippen LogP contribution is -2.22. The molecule has 1 nitrogen and oxygen atoms in total. The molecule has 12 heavy (non-hydrogen) atoms. The van der Waals surface area contributed by atoms with Gasteiger partial charge in [-0.3, -0.25) is 0 Å². The van der Waals surface area contributed by atoms with E-state index in [2.05, 4.69) is 27.7 Å². The minimum absolute atomic E-state index is 0.253. The van der Waals surface area contributed by atoms with Crippen molar-refractivity contribution in [3.05, 3.63) is 0 Å². The van der Waals surface area contributed by atoms with Gasteiger partial charge in [-0.2, -0.15) is 0 Å². The maximum Gasteiger partial charge on any atom is 0.0495 e. The molecule has 0 saturated heterocycles. The summed E-state index contributed by atoms with van der Waals surface area (Å²) in [4.78, 5) is 0. The first-order valence-electron chi connectivity index (χ1n) is 5.11. The van der Waals surface area contributed by atoms with Crippen LogP contribution in [0.4, 0.5) is 0 Å². The van der Waals surface area contributed by atoms with Crippen molar-refractivity contribution in [2.24, 2.45) is 16.7 Å². The predicted molar refractivity (Wildman–Crippen MR) is 52.0 cm³/mol. The molecule has 0 aromatic rings. The zero-order valence-corrected chi connectivity index (χ0v) is 8.85. The summed E-state index contributed by atoms with van der Waals surface area (Å²) >= 11 is 0. The second kappa shape index (κ2) is 3.02. The summed E-state index contributed by atoms with van der Waals surface area (Å²) in [5.74, 6) is 0.683. The summed E-state index contributed by atoms with van der Waals surface area (Å²) in [5.41, 5.74) is 0.638.